The quantitative estimate of drug-likeness (QED) is 0.439. The molecule has 2 atom stereocenters. The molecule has 4 aliphatic rings. The molecule has 4 saturated carbocycles. The SMILES string of the molecule is C=C(C)C(=O)OCCOC(=O)OC12CC3CC(CC(C)(C3)C1)C2. The van der Waals surface area contributed by atoms with E-state index < -0.39 is 12.1 Å². The highest BCUT2D eigenvalue weighted by molar-refractivity contribution is 5.86. The van der Waals surface area contributed by atoms with Crippen molar-refractivity contribution in [1.29, 1.82) is 0 Å². The summed E-state index contributed by atoms with van der Waals surface area (Å²) in [5.41, 5.74) is 0.320. The molecule has 0 spiro atoms. The summed E-state index contributed by atoms with van der Waals surface area (Å²) in [7, 11) is 0. The van der Waals surface area contributed by atoms with Crippen molar-refractivity contribution in [1.82, 2.24) is 0 Å². The standard InChI is InChI=1S/C18H26O5/c1-12(2)15(19)21-4-5-22-16(20)23-18-9-13-6-14(10-18)8-17(3,7-13)11-18/h13-14H,1,4-11H2,2-3H3. The Morgan fingerprint density at radius 3 is 2.26 bits per heavy atom. The highest BCUT2D eigenvalue weighted by Crippen LogP contribution is 2.62. The predicted molar refractivity (Wildman–Crippen MR) is 83.7 cm³/mol. The molecule has 0 radical (unpaired) electrons. The van der Waals surface area contributed by atoms with Crippen LogP contribution in [0.2, 0.25) is 0 Å². The fraction of sp³-hybridized carbons (Fsp3) is 0.778. The molecule has 4 aliphatic carbocycles. The van der Waals surface area contributed by atoms with Gasteiger partial charge in [-0.1, -0.05) is 13.5 Å². The lowest BCUT2D eigenvalue weighted by molar-refractivity contribution is -0.170. The van der Waals surface area contributed by atoms with Crippen LogP contribution < -0.4 is 0 Å². The molecule has 4 bridgehead atoms. The van der Waals surface area contributed by atoms with Gasteiger partial charge in [-0.05, 0) is 62.7 Å². The van der Waals surface area contributed by atoms with Gasteiger partial charge in [0, 0.05) is 5.57 Å². The molecule has 5 heteroatoms. The van der Waals surface area contributed by atoms with Gasteiger partial charge in [0.2, 0.25) is 0 Å². The molecule has 4 rings (SSSR count). The predicted octanol–water partition coefficient (Wildman–Crippen LogP) is 3.62. The average molecular weight is 322 g/mol. The van der Waals surface area contributed by atoms with Crippen LogP contribution in [-0.4, -0.2) is 30.9 Å². The lowest BCUT2D eigenvalue weighted by Gasteiger charge is -2.60. The van der Waals surface area contributed by atoms with Crippen molar-refractivity contribution >= 4 is 12.1 Å². The summed E-state index contributed by atoms with van der Waals surface area (Å²) in [6.45, 7) is 7.43. The fourth-order valence-electron chi connectivity index (χ4n) is 5.34. The zero-order valence-electron chi connectivity index (χ0n) is 14.1. The molecule has 23 heavy (non-hydrogen) atoms. The third-order valence-electron chi connectivity index (χ3n) is 5.48. The van der Waals surface area contributed by atoms with Crippen LogP contribution in [0, 0.1) is 17.3 Å². The van der Waals surface area contributed by atoms with Gasteiger partial charge in [0.1, 0.15) is 18.8 Å². The monoisotopic (exact) mass is 322 g/mol. The molecule has 0 amide bonds. The smallest absolute Gasteiger partial charge is 0.459 e. The highest BCUT2D eigenvalue weighted by Gasteiger charge is 2.58. The second kappa shape index (κ2) is 5.84. The van der Waals surface area contributed by atoms with Gasteiger partial charge in [0.05, 0.1) is 0 Å². The van der Waals surface area contributed by atoms with Crippen LogP contribution in [-0.2, 0) is 19.0 Å². The number of hydrogen-bond donors (Lipinski definition) is 0. The largest absolute Gasteiger partial charge is 0.508 e. The molecule has 0 N–H and O–H groups in total. The van der Waals surface area contributed by atoms with E-state index in [9.17, 15) is 9.59 Å². The second-order valence-electron chi connectivity index (χ2n) is 8.07. The van der Waals surface area contributed by atoms with E-state index in [1.807, 2.05) is 0 Å². The Morgan fingerprint density at radius 1 is 1.09 bits per heavy atom. The number of carbonyl (C=O) groups is 2. The summed E-state index contributed by atoms with van der Waals surface area (Å²) in [5, 5.41) is 0. The van der Waals surface area contributed by atoms with Crippen LogP contribution in [0.4, 0.5) is 4.79 Å². The van der Waals surface area contributed by atoms with Gasteiger partial charge in [-0.15, -0.1) is 0 Å². The molecule has 128 valence electrons. The molecule has 4 fully saturated rings. The number of hydrogen-bond acceptors (Lipinski definition) is 5. The minimum atomic E-state index is -0.637. The van der Waals surface area contributed by atoms with Crippen LogP contribution >= 0.6 is 0 Å². The Kier molecular flexibility index (Phi) is 4.15. The van der Waals surface area contributed by atoms with E-state index in [4.69, 9.17) is 14.2 Å². The van der Waals surface area contributed by atoms with E-state index in [1.54, 1.807) is 6.92 Å². The topological polar surface area (TPSA) is 61.8 Å². The molecular weight excluding hydrogens is 296 g/mol. The molecule has 5 nitrogen and oxygen atoms in total. The number of esters is 1. The molecule has 0 aromatic heterocycles. The Hall–Kier alpha value is -1.52. The first-order valence-electron chi connectivity index (χ1n) is 8.48. The zero-order chi connectivity index (χ0) is 16.7. The first kappa shape index (κ1) is 16.3. The second-order valence-corrected chi connectivity index (χ2v) is 8.07. The number of carbonyl (C=O) groups excluding carboxylic acids is 2. The average Bonchev–Trinajstić information content (AvgIpc) is 2.39. The Labute approximate surface area is 137 Å². The fourth-order valence-corrected chi connectivity index (χ4v) is 5.34. The molecular formula is C18H26O5. The van der Waals surface area contributed by atoms with Crippen LogP contribution in [0.15, 0.2) is 12.2 Å². The number of rotatable bonds is 5. The van der Waals surface area contributed by atoms with Crippen molar-refractivity contribution in [2.75, 3.05) is 13.2 Å². The molecule has 0 heterocycles. The van der Waals surface area contributed by atoms with Crippen LogP contribution in [0.3, 0.4) is 0 Å². The van der Waals surface area contributed by atoms with Gasteiger partial charge >= 0.3 is 12.1 Å². The maximum absolute atomic E-state index is 12.0. The first-order chi connectivity index (χ1) is 10.8. The minimum Gasteiger partial charge on any atom is -0.459 e. The minimum absolute atomic E-state index is 0.0120. The van der Waals surface area contributed by atoms with Crippen LogP contribution in [0.1, 0.15) is 52.4 Å². The Balaban J connectivity index is 1.47. The van der Waals surface area contributed by atoms with Gasteiger partial charge < -0.3 is 14.2 Å². The zero-order valence-corrected chi connectivity index (χ0v) is 14.1. The van der Waals surface area contributed by atoms with Crippen LogP contribution in [0.5, 0.6) is 0 Å². The van der Waals surface area contributed by atoms with Crippen molar-refractivity contribution in [2.45, 2.75) is 58.0 Å². The summed E-state index contributed by atoms with van der Waals surface area (Å²) < 4.78 is 15.7. The number of ether oxygens (including phenoxy) is 3. The molecule has 2 unspecified atom stereocenters. The summed E-state index contributed by atoms with van der Waals surface area (Å²) >= 11 is 0. The van der Waals surface area contributed by atoms with Crippen LogP contribution in [0.25, 0.3) is 0 Å². The third kappa shape index (κ3) is 3.54. The van der Waals surface area contributed by atoms with E-state index in [0.29, 0.717) is 22.8 Å². The van der Waals surface area contributed by atoms with Crippen molar-refractivity contribution in [3.05, 3.63) is 12.2 Å². The van der Waals surface area contributed by atoms with E-state index in [2.05, 4.69) is 13.5 Å². The molecule has 0 aromatic carbocycles. The molecule has 0 aliphatic heterocycles. The Bertz CT molecular complexity index is 510. The maximum atomic E-state index is 12.0. The van der Waals surface area contributed by atoms with E-state index in [-0.39, 0.29) is 18.8 Å². The lowest BCUT2D eigenvalue weighted by Crippen LogP contribution is -2.56. The maximum Gasteiger partial charge on any atom is 0.508 e. The normalized spacial score (nSPS) is 37.3. The van der Waals surface area contributed by atoms with Gasteiger partial charge in [-0.25, -0.2) is 9.59 Å². The lowest BCUT2D eigenvalue weighted by atomic mass is 9.48. The van der Waals surface area contributed by atoms with Crippen molar-refractivity contribution in [2.24, 2.45) is 17.3 Å². The van der Waals surface area contributed by atoms with Gasteiger partial charge in [-0.3, -0.25) is 0 Å². The third-order valence-corrected chi connectivity index (χ3v) is 5.48. The van der Waals surface area contributed by atoms with Crippen molar-refractivity contribution in [3.63, 3.8) is 0 Å². The van der Waals surface area contributed by atoms with Gasteiger partial charge in [0.25, 0.3) is 0 Å². The summed E-state index contributed by atoms with van der Waals surface area (Å²) in [5.74, 6) is 0.895. The molecule has 0 aromatic rings. The Morgan fingerprint density at radius 2 is 1.70 bits per heavy atom. The first-order valence-corrected chi connectivity index (χ1v) is 8.48. The summed E-state index contributed by atoms with van der Waals surface area (Å²) in [4.78, 5) is 23.2. The highest BCUT2D eigenvalue weighted by atomic mass is 16.7. The summed E-state index contributed by atoms with van der Waals surface area (Å²) in [6, 6.07) is 0. The van der Waals surface area contributed by atoms with E-state index in [0.717, 1.165) is 19.3 Å². The molecule has 0 saturated heterocycles. The van der Waals surface area contributed by atoms with Gasteiger partial charge in [0.15, 0.2) is 0 Å². The van der Waals surface area contributed by atoms with E-state index in [1.165, 1.54) is 19.3 Å². The van der Waals surface area contributed by atoms with Gasteiger partial charge in [-0.2, -0.15) is 0 Å². The van der Waals surface area contributed by atoms with Crippen molar-refractivity contribution in [3.8, 4) is 0 Å². The summed E-state index contributed by atoms with van der Waals surface area (Å²) in [6.07, 6.45) is 6.07. The van der Waals surface area contributed by atoms with E-state index >= 15 is 0 Å². The van der Waals surface area contributed by atoms with Crippen molar-refractivity contribution < 1.29 is 23.8 Å².